The topological polar surface area (TPSA) is 47.6 Å². The Hall–Kier alpha value is -1.81. The zero-order chi connectivity index (χ0) is 18.7. The van der Waals surface area contributed by atoms with Crippen molar-refractivity contribution in [2.45, 2.75) is 75.9 Å². The Morgan fingerprint density at radius 1 is 1.30 bits per heavy atom. The fourth-order valence-corrected chi connectivity index (χ4v) is 4.83. The minimum absolute atomic E-state index is 0.123. The molecule has 1 unspecified atom stereocenters. The molecule has 4 heteroatoms. The predicted molar refractivity (Wildman–Crippen MR) is 106 cm³/mol. The van der Waals surface area contributed by atoms with Gasteiger partial charge in [-0.05, 0) is 67.6 Å². The molecule has 1 aromatic rings. The van der Waals surface area contributed by atoms with Gasteiger partial charge in [0.25, 0.3) is 0 Å². The molecule has 146 valence electrons. The number of hydrogen-bond donors (Lipinski definition) is 1. The van der Waals surface area contributed by atoms with Gasteiger partial charge in [0, 0.05) is 0 Å². The second-order valence-electron chi connectivity index (χ2n) is 8.41. The summed E-state index contributed by atoms with van der Waals surface area (Å²) in [5, 5.41) is 3.05. The molecule has 4 nitrogen and oxygen atoms in total. The van der Waals surface area contributed by atoms with E-state index in [1.54, 1.807) is 0 Å². The van der Waals surface area contributed by atoms with Crippen LogP contribution in [0.15, 0.2) is 30.4 Å². The molecule has 1 heterocycles. The lowest BCUT2D eigenvalue weighted by Crippen LogP contribution is -2.40. The third-order valence-corrected chi connectivity index (χ3v) is 6.39. The molecule has 2 fully saturated rings. The molecule has 0 aromatic heterocycles. The average Bonchev–Trinajstić information content (AvgIpc) is 3.27. The van der Waals surface area contributed by atoms with Crippen molar-refractivity contribution >= 4 is 6.09 Å². The normalized spacial score (nSPS) is 29.9. The molecule has 0 radical (unpaired) electrons. The number of carbonyl (C=O) groups is 1. The molecule has 2 aliphatic carbocycles. The second kappa shape index (κ2) is 8.05. The van der Waals surface area contributed by atoms with E-state index in [9.17, 15) is 4.79 Å². The summed E-state index contributed by atoms with van der Waals surface area (Å²) >= 11 is 0. The van der Waals surface area contributed by atoms with Crippen LogP contribution in [-0.4, -0.2) is 30.9 Å². The summed E-state index contributed by atoms with van der Waals surface area (Å²) in [6, 6.07) is 7.01. The number of ether oxygens (including phenoxy) is 2. The molecule has 1 amide bonds. The first-order valence-corrected chi connectivity index (χ1v) is 10.5. The second-order valence-corrected chi connectivity index (χ2v) is 8.41. The maximum Gasteiger partial charge on any atom is 0.407 e. The number of unbranched alkanes of at least 4 members (excludes halogenated alkanes) is 1. The van der Waals surface area contributed by atoms with Crippen LogP contribution < -0.4 is 5.32 Å². The van der Waals surface area contributed by atoms with E-state index in [1.165, 1.54) is 23.1 Å². The van der Waals surface area contributed by atoms with Crippen LogP contribution in [0.4, 0.5) is 4.79 Å². The van der Waals surface area contributed by atoms with Crippen LogP contribution in [-0.2, 0) is 22.3 Å². The van der Waals surface area contributed by atoms with Crippen molar-refractivity contribution in [2.75, 3.05) is 13.2 Å². The van der Waals surface area contributed by atoms with E-state index in [0.717, 1.165) is 51.6 Å². The summed E-state index contributed by atoms with van der Waals surface area (Å²) in [6.45, 7) is 3.45. The highest BCUT2D eigenvalue weighted by Gasteiger charge is 2.46. The molecular weight excluding hydrogens is 338 g/mol. The van der Waals surface area contributed by atoms with Crippen LogP contribution in [0.25, 0.3) is 0 Å². The van der Waals surface area contributed by atoms with Gasteiger partial charge in [0.2, 0.25) is 0 Å². The SMILES string of the molecule is CCC/C=C/COC1CCc2cc([C@H]3CC[C@]4(COC(=O)N4)C3)ccc2C1. The third kappa shape index (κ3) is 4.21. The number of carbonyl (C=O) groups excluding carboxylic acids is 1. The summed E-state index contributed by atoms with van der Waals surface area (Å²) < 4.78 is 11.2. The van der Waals surface area contributed by atoms with Crippen LogP contribution in [0.2, 0.25) is 0 Å². The summed E-state index contributed by atoms with van der Waals surface area (Å²) in [5.74, 6) is 0.523. The molecule has 1 N–H and O–H groups in total. The Morgan fingerprint density at radius 3 is 3.04 bits per heavy atom. The summed E-state index contributed by atoms with van der Waals surface area (Å²) in [7, 11) is 0. The van der Waals surface area contributed by atoms with Crippen molar-refractivity contribution in [1.82, 2.24) is 5.32 Å². The fraction of sp³-hybridized carbons (Fsp3) is 0.609. The number of aryl methyl sites for hydroxylation is 1. The Morgan fingerprint density at radius 2 is 2.22 bits per heavy atom. The van der Waals surface area contributed by atoms with Gasteiger partial charge in [-0.3, -0.25) is 0 Å². The zero-order valence-corrected chi connectivity index (χ0v) is 16.3. The minimum Gasteiger partial charge on any atom is -0.447 e. The number of amides is 1. The van der Waals surface area contributed by atoms with Crippen molar-refractivity contribution in [3.63, 3.8) is 0 Å². The van der Waals surface area contributed by atoms with Crippen molar-refractivity contribution in [3.05, 3.63) is 47.0 Å². The lowest BCUT2D eigenvalue weighted by molar-refractivity contribution is 0.0641. The Labute approximate surface area is 162 Å². The highest BCUT2D eigenvalue weighted by atomic mass is 16.6. The number of fused-ring (bicyclic) bond motifs is 1. The molecule has 1 saturated carbocycles. The molecule has 27 heavy (non-hydrogen) atoms. The van der Waals surface area contributed by atoms with Crippen LogP contribution in [0, 0.1) is 0 Å². The molecule has 3 atom stereocenters. The van der Waals surface area contributed by atoms with Crippen molar-refractivity contribution in [1.29, 1.82) is 0 Å². The largest absolute Gasteiger partial charge is 0.447 e. The van der Waals surface area contributed by atoms with Gasteiger partial charge in [-0.2, -0.15) is 0 Å². The molecule has 1 spiro atoms. The van der Waals surface area contributed by atoms with E-state index >= 15 is 0 Å². The molecule has 1 aromatic carbocycles. The molecule has 1 aliphatic heterocycles. The van der Waals surface area contributed by atoms with Crippen LogP contribution in [0.1, 0.15) is 68.1 Å². The lowest BCUT2D eigenvalue weighted by Gasteiger charge is -2.26. The van der Waals surface area contributed by atoms with Crippen molar-refractivity contribution in [3.8, 4) is 0 Å². The van der Waals surface area contributed by atoms with Gasteiger partial charge >= 0.3 is 6.09 Å². The standard InChI is InChI=1S/C23H31NO3/c1-2-3-4-5-12-26-21-9-8-17-13-18(6-7-19(17)14-21)20-10-11-23(15-20)16-27-22(25)24-23/h4-7,13,20-21H,2-3,8-12,14-16H2,1H3,(H,24,25)/b5-4+/t20-,21?,23+/m0/s1. The smallest absolute Gasteiger partial charge is 0.407 e. The Balaban J connectivity index is 1.34. The summed E-state index contributed by atoms with van der Waals surface area (Å²) in [4.78, 5) is 11.4. The molecular formula is C23H31NO3. The Kier molecular flexibility index (Phi) is 5.53. The number of benzene rings is 1. The Bertz CT molecular complexity index is 714. The molecule has 0 bridgehead atoms. The number of alkyl carbamates (subject to hydrolysis) is 1. The van der Waals surface area contributed by atoms with Gasteiger partial charge in [-0.1, -0.05) is 43.7 Å². The van der Waals surface area contributed by atoms with Crippen LogP contribution in [0.5, 0.6) is 0 Å². The quantitative estimate of drug-likeness (QED) is 0.742. The highest BCUT2D eigenvalue weighted by Crippen LogP contribution is 2.43. The maximum atomic E-state index is 11.4. The van der Waals surface area contributed by atoms with Crippen molar-refractivity contribution < 1.29 is 14.3 Å². The minimum atomic E-state index is -0.253. The lowest BCUT2D eigenvalue weighted by atomic mass is 9.85. The summed E-state index contributed by atoms with van der Waals surface area (Å²) in [5.41, 5.74) is 4.23. The first-order valence-electron chi connectivity index (χ1n) is 10.5. The molecule has 3 aliphatic rings. The zero-order valence-electron chi connectivity index (χ0n) is 16.3. The van der Waals surface area contributed by atoms with Crippen molar-refractivity contribution in [2.24, 2.45) is 0 Å². The fourth-order valence-electron chi connectivity index (χ4n) is 4.83. The first-order chi connectivity index (χ1) is 13.2. The van der Waals surface area contributed by atoms with E-state index < -0.39 is 0 Å². The highest BCUT2D eigenvalue weighted by molar-refractivity contribution is 5.70. The number of allylic oxidation sites excluding steroid dienone is 1. The van der Waals surface area contributed by atoms with E-state index in [2.05, 4.69) is 42.6 Å². The number of cyclic esters (lactones) is 1. The monoisotopic (exact) mass is 369 g/mol. The number of hydrogen-bond acceptors (Lipinski definition) is 3. The van der Waals surface area contributed by atoms with E-state index in [-0.39, 0.29) is 11.6 Å². The van der Waals surface area contributed by atoms with Gasteiger partial charge in [0.05, 0.1) is 18.2 Å². The molecule has 1 saturated heterocycles. The van der Waals surface area contributed by atoms with Gasteiger partial charge in [-0.15, -0.1) is 0 Å². The van der Waals surface area contributed by atoms with Gasteiger partial charge in [-0.25, -0.2) is 4.79 Å². The van der Waals surface area contributed by atoms with Crippen LogP contribution >= 0.6 is 0 Å². The van der Waals surface area contributed by atoms with Gasteiger partial charge in [0.1, 0.15) is 6.61 Å². The van der Waals surface area contributed by atoms with E-state index in [1.807, 2.05) is 0 Å². The van der Waals surface area contributed by atoms with Gasteiger partial charge < -0.3 is 14.8 Å². The predicted octanol–water partition coefficient (Wildman–Crippen LogP) is 4.66. The average molecular weight is 370 g/mol. The molecule has 4 rings (SSSR count). The van der Waals surface area contributed by atoms with Gasteiger partial charge in [0.15, 0.2) is 0 Å². The van der Waals surface area contributed by atoms with Crippen LogP contribution in [0.3, 0.4) is 0 Å². The van der Waals surface area contributed by atoms with E-state index in [0.29, 0.717) is 18.6 Å². The number of nitrogens with one attached hydrogen (secondary N) is 1. The third-order valence-electron chi connectivity index (χ3n) is 6.39. The summed E-state index contributed by atoms with van der Waals surface area (Å²) in [6.07, 6.45) is 13.2. The first kappa shape index (κ1) is 18.5. The number of rotatable bonds is 6. The maximum absolute atomic E-state index is 11.4. The van der Waals surface area contributed by atoms with E-state index in [4.69, 9.17) is 9.47 Å².